The van der Waals surface area contributed by atoms with Crippen LogP contribution in [0.3, 0.4) is 0 Å². The van der Waals surface area contributed by atoms with Crippen LogP contribution in [0.5, 0.6) is 0 Å². The summed E-state index contributed by atoms with van der Waals surface area (Å²) in [6.07, 6.45) is 0. The van der Waals surface area contributed by atoms with Crippen molar-refractivity contribution in [2.24, 2.45) is 20.5 Å². The van der Waals surface area contributed by atoms with Crippen LogP contribution < -0.4 is 16.8 Å². The largest absolute Gasteiger partial charge is 0.474 e. The van der Waals surface area contributed by atoms with Gasteiger partial charge in [0.05, 0.1) is 22.7 Å². The van der Waals surface area contributed by atoms with Gasteiger partial charge in [-0.15, -0.1) is 10.2 Å². The molecular formula is C30H23N7O6S. The summed E-state index contributed by atoms with van der Waals surface area (Å²) < 4.78 is 33.6. The third-order valence-electron chi connectivity index (χ3n) is 6.38. The summed E-state index contributed by atoms with van der Waals surface area (Å²) in [4.78, 5) is 22.2. The zero-order chi connectivity index (χ0) is 31.4. The van der Waals surface area contributed by atoms with Crippen molar-refractivity contribution in [1.29, 1.82) is 0 Å². The zero-order valence-corrected chi connectivity index (χ0v) is 23.4. The third kappa shape index (κ3) is 6.56. The smallest absolute Gasteiger partial charge is 0.394 e. The normalized spacial score (nSPS) is 11.8. The minimum Gasteiger partial charge on any atom is -0.474 e. The van der Waals surface area contributed by atoms with Gasteiger partial charge in [-0.25, -0.2) is 4.79 Å². The highest BCUT2D eigenvalue weighted by molar-refractivity contribution is 7.86. The van der Waals surface area contributed by atoms with Crippen LogP contribution in [0, 0.1) is 0 Å². The lowest BCUT2D eigenvalue weighted by Crippen LogP contribution is -2.21. The fraction of sp³-hybridized carbons (Fsp3) is 0. The van der Waals surface area contributed by atoms with E-state index >= 15 is 0 Å². The highest BCUT2D eigenvalue weighted by Gasteiger charge is 2.18. The van der Waals surface area contributed by atoms with E-state index < -0.39 is 22.0 Å². The van der Waals surface area contributed by atoms with Crippen molar-refractivity contribution in [2.75, 3.05) is 16.8 Å². The summed E-state index contributed by atoms with van der Waals surface area (Å²) in [7, 11) is -4.53. The molecule has 0 bridgehead atoms. The van der Waals surface area contributed by atoms with Crippen molar-refractivity contribution in [3.8, 4) is 11.1 Å². The van der Waals surface area contributed by atoms with Crippen molar-refractivity contribution in [1.82, 2.24) is 0 Å². The van der Waals surface area contributed by atoms with Crippen LogP contribution in [0.2, 0.25) is 0 Å². The number of carbonyl (C=O) groups is 2. The number of carboxylic acids is 1. The molecule has 0 saturated heterocycles. The van der Waals surface area contributed by atoms with Crippen molar-refractivity contribution < 1.29 is 27.7 Å². The molecule has 1 amide bonds. The van der Waals surface area contributed by atoms with E-state index in [-0.39, 0.29) is 33.0 Å². The fourth-order valence-corrected chi connectivity index (χ4v) is 4.94. The first-order valence-electron chi connectivity index (χ1n) is 12.8. The van der Waals surface area contributed by atoms with E-state index in [9.17, 15) is 22.6 Å². The lowest BCUT2D eigenvalue weighted by atomic mass is 10.1. The van der Waals surface area contributed by atoms with Gasteiger partial charge >= 0.3 is 11.9 Å². The van der Waals surface area contributed by atoms with Gasteiger partial charge < -0.3 is 21.9 Å². The Morgan fingerprint density at radius 2 is 1.23 bits per heavy atom. The molecule has 5 aromatic carbocycles. The lowest BCUT2D eigenvalue weighted by Gasteiger charge is -2.09. The maximum absolute atomic E-state index is 12.0. The van der Waals surface area contributed by atoms with E-state index in [1.54, 1.807) is 54.6 Å². The number of hydrogen-bond donors (Lipinski definition) is 5. The molecule has 0 heterocycles. The molecule has 0 spiro atoms. The SMILES string of the molecule is Nc1ccc(N=Nc2ccc(-c3ccc(N=Nc4cc(S(=O)(=O)O)c5ccccc5c4N)cc3)cc2)c(NC(=O)C(=O)O)c1. The Morgan fingerprint density at radius 1 is 0.682 bits per heavy atom. The average molecular weight is 610 g/mol. The molecule has 0 fully saturated rings. The molecule has 13 nitrogen and oxygen atoms in total. The van der Waals surface area contributed by atoms with Gasteiger partial charge in [0.15, 0.2) is 0 Å². The van der Waals surface area contributed by atoms with Crippen LogP contribution in [0.25, 0.3) is 21.9 Å². The summed E-state index contributed by atoms with van der Waals surface area (Å²) in [5.74, 6) is -2.88. The number of fused-ring (bicyclic) bond motifs is 1. The first-order chi connectivity index (χ1) is 21.0. The second kappa shape index (κ2) is 12.1. The van der Waals surface area contributed by atoms with Crippen LogP contribution in [0.1, 0.15) is 0 Å². The van der Waals surface area contributed by atoms with E-state index in [0.717, 1.165) is 11.1 Å². The molecule has 5 rings (SSSR count). The molecule has 0 aromatic heterocycles. The second-order valence-electron chi connectivity index (χ2n) is 9.36. The number of amides is 1. The Bertz CT molecular complexity index is 2080. The molecule has 14 heteroatoms. The number of hydrogen-bond acceptors (Lipinski definition) is 10. The van der Waals surface area contributed by atoms with Gasteiger partial charge in [0, 0.05) is 16.5 Å². The molecule has 0 aliphatic carbocycles. The molecule has 0 aliphatic heterocycles. The summed E-state index contributed by atoms with van der Waals surface area (Å²) in [6.45, 7) is 0. The van der Waals surface area contributed by atoms with Gasteiger partial charge in [-0.05, 0) is 59.7 Å². The minimum absolute atomic E-state index is 0.0977. The van der Waals surface area contributed by atoms with Crippen LogP contribution in [-0.2, 0) is 19.7 Å². The van der Waals surface area contributed by atoms with Crippen LogP contribution in [-0.4, -0.2) is 30.0 Å². The number of benzene rings is 5. The second-order valence-corrected chi connectivity index (χ2v) is 10.7. The van der Waals surface area contributed by atoms with Crippen molar-refractivity contribution in [3.05, 3.63) is 97.1 Å². The predicted molar refractivity (Wildman–Crippen MR) is 166 cm³/mol. The minimum atomic E-state index is -4.53. The van der Waals surface area contributed by atoms with Gasteiger partial charge in [-0.2, -0.15) is 18.6 Å². The molecule has 0 saturated carbocycles. The number of carboxylic acid groups (broad SMARTS) is 1. The van der Waals surface area contributed by atoms with E-state index in [0.29, 0.717) is 22.4 Å². The zero-order valence-electron chi connectivity index (χ0n) is 22.6. The Kier molecular flexibility index (Phi) is 8.10. The van der Waals surface area contributed by atoms with Crippen LogP contribution >= 0.6 is 0 Å². The molecule has 7 N–H and O–H groups in total. The van der Waals surface area contributed by atoms with E-state index in [1.807, 2.05) is 24.3 Å². The average Bonchev–Trinajstić information content (AvgIpc) is 3.00. The molecule has 0 radical (unpaired) electrons. The molecule has 0 atom stereocenters. The number of azo groups is 2. The Hall–Kier alpha value is -5.99. The van der Waals surface area contributed by atoms with Gasteiger partial charge in [0.25, 0.3) is 10.1 Å². The number of anilines is 3. The molecule has 220 valence electrons. The standard InChI is InChI=1S/C30H23N7O6S/c31-19-9-14-24(25(15-19)33-29(38)30(39)40)36-34-20-10-5-17(6-11-20)18-7-12-21(13-8-18)35-37-26-16-27(44(41,42)43)22-3-1-2-4-23(22)28(26)32/h1-16H,31-32H2,(H,33,38)(H,39,40)(H,41,42,43). The monoisotopic (exact) mass is 609 g/mol. The van der Waals surface area contributed by atoms with Gasteiger partial charge in [-0.3, -0.25) is 9.35 Å². The third-order valence-corrected chi connectivity index (χ3v) is 7.28. The number of rotatable bonds is 7. The predicted octanol–water partition coefficient (Wildman–Crippen LogP) is 6.77. The number of nitrogen functional groups attached to an aromatic ring is 2. The Morgan fingerprint density at radius 3 is 1.77 bits per heavy atom. The Balaban J connectivity index is 1.32. The first-order valence-corrected chi connectivity index (χ1v) is 14.2. The van der Waals surface area contributed by atoms with Gasteiger partial charge in [0.2, 0.25) is 0 Å². The summed E-state index contributed by atoms with van der Waals surface area (Å²) in [6, 6.07) is 26.4. The van der Waals surface area contributed by atoms with Gasteiger partial charge in [0.1, 0.15) is 16.3 Å². The molecular weight excluding hydrogens is 586 g/mol. The lowest BCUT2D eigenvalue weighted by molar-refractivity contribution is -0.147. The highest BCUT2D eigenvalue weighted by atomic mass is 32.2. The van der Waals surface area contributed by atoms with Crippen molar-refractivity contribution in [2.45, 2.75) is 4.90 Å². The van der Waals surface area contributed by atoms with Crippen LogP contribution in [0.15, 0.2) is 122 Å². The summed E-state index contributed by atoms with van der Waals surface area (Å²) >= 11 is 0. The number of carbonyl (C=O) groups excluding carboxylic acids is 1. The molecule has 44 heavy (non-hydrogen) atoms. The maximum atomic E-state index is 12.0. The molecule has 0 aliphatic rings. The molecule has 0 unspecified atom stereocenters. The van der Waals surface area contributed by atoms with Crippen molar-refractivity contribution >= 4 is 72.6 Å². The number of nitrogens with zero attached hydrogens (tertiary/aromatic N) is 4. The molecule has 5 aromatic rings. The fourth-order valence-electron chi connectivity index (χ4n) is 4.23. The van der Waals surface area contributed by atoms with Crippen molar-refractivity contribution in [3.63, 3.8) is 0 Å². The number of aliphatic carboxylic acids is 1. The van der Waals surface area contributed by atoms with E-state index in [4.69, 9.17) is 16.6 Å². The highest BCUT2D eigenvalue weighted by Crippen LogP contribution is 2.37. The number of nitrogens with two attached hydrogens (primary N) is 2. The maximum Gasteiger partial charge on any atom is 0.394 e. The topological polar surface area (TPSA) is 222 Å². The Labute approximate surface area is 250 Å². The summed E-state index contributed by atoms with van der Waals surface area (Å²) in [5.41, 5.74) is 15.6. The first kappa shape index (κ1) is 29.5. The van der Waals surface area contributed by atoms with Crippen LogP contribution in [0.4, 0.5) is 39.8 Å². The quantitative estimate of drug-likeness (QED) is 0.0571. The van der Waals surface area contributed by atoms with E-state index in [1.165, 1.54) is 18.2 Å². The van der Waals surface area contributed by atoms with E-state index in [2.05, 4.69) is 25.8 Å². The summed E-state index contributed by atoms with van der Waals surface area (Å²) in [5, 5.41) is 28.4. The number of nitrogens with one attached hydrogen (secondary N) is 1. The van der Waals surface area contributed by atoms with Gasteiger partial charge in [-0.1, -0.05) is 48.5 Å².